The predicted molar refractivity (Wildman–Crippen MR) is 85.6 cm³/mol. The van der Waals surface area contributed by atoms with Gasteiger partial charge >= 0.3 is 0 Å². The molecule has 2 rings (SSSR count). The molecule has 1 aliphatic rings. The van der Waals surface area contributed by atoms with Gasteiger partial charge in [-0.1, -0.05) is 31.0 Å². The molecular weight excluding hydrogens is 264 g/mol. The van der Waals surface area contributed by atoms with Crippen molar-refractivity contribution >= 4 is 11.6 Å². The average molecular weight is 290 g/mol. The summed E-state index contributed by atoms with van der Waals surface area (Å²) in [6.07, 6.45) is 5.62. The highest BCUT2D eigenvalue weighted by Crippen LogP contribution is 2.16. The number of rotatable bonds is 6. The van der Waals surface area contributed by atoms with Gasteiger partial charge < -0.3 is 15.0 Å². The summed E-state index contributed by atoms with van der Waals surface area (Å²) in [6.45, 7) is 2.89. The van der Waals surface area contributed by atoms with Crippen molar-refractivity contribution in [2.45, 2.75) is 32.1 Å². The highest BCUT2D eigenvalue weighted by molar-refractivity contribution is 5.81. The Labute approximate surface area is 127 Å². The smallest absolute Gasteiger partial charge is 0.241 e. The number of nitrogens with zero attached hydrogens (tertiary/aromatic N) is 1. The molecule has 0 atom stereocenters. The van der Waals surface area contributed by atoms with E-state index >= 15 is 0 Å². The fourth-order valence-corrected chi connectivity index (χ4v) is 2.73. The zero-order valence-electron chi connectivity index (χ0n) is 12.9. The number of likely N-dealkylation sites (tertiary alicyclic amines) is 1. The van der Waals surface area contributed by atoms with E-state index in [4.69, 9.17) is 4.74 Å². The monoisotopic (exact) mass is 290 g/mol. The minimum absolute atomic E-state index is 0.207. The number of carbonyl (C=O) groups excluding carboxylic acids is 1. The molecule has 1 fully saturated rings. The average Bonchev–Trinajstić information content (AvgIpc) is 2.80. The lowest BCUT2D eigenvalue weighted by atomic mass is 10.1. The van der Waals surface area contributed by atoms with Crippen molar-refractivity contribution < 1.29 is 9.53 Å². The van der Waals surface area contributed by atoms with Crippen molar-refractivity contribution in [3.05, 3.63) is 29.8 Å². The zero-order valence-corrected chi connectivity index (χ0v) is 12.9. The van der Waals surface area contributed by atoms with Crippen LogP contribution in [-0.4, -0.2) is 44.2 Å². The number of hydrogen-bond acceptors (Lipinski definition) is 3. The minimum atomic E-state index is 0.207. The quantitative estimate of drug-likeness (QED) is 0.876. The first-order valence-corrected chi connectivity index (χ1v) is 7.90. The Kier molecular flexibility index (Phi) is 6.54. The summed E-state index contributed by atoms with van der Waals surface area (Å²) in [5, 5.41) is 3.29. The van der Waals surface area contributed by atoms with E-state index in [0.29, 0.717) is 13.2 Å². The molecular formula is C17H26N2O2. The maximum Gasteiger partial charge on any atom is 0.241 e. The van der Waals surface area contributed by atoms with Crippen molar-refractivity contribution in [1.29, 1.82) is 0 Å². The topological polar surface area (TPSA) is 41.6 Å². The predicted octanol–water partition coefficient (Wildman–Crippen LogP) is 2.69. The fourth-order valence-electron chi connectivity index (χ4n) is 2.73. The number of methoxy groups -OCH3 is 1. The van der Waals surface area contributed by atoms with Crippen molar-refractivity contribution in [2.24, 2.45) is 0 Å². The van der Waals surface area contributed by atoms with E-state index < -0.39 is 0 Å². The molecule has 1 saturated heterocycles. The Balaban J connectivity index is 1.88. The van der Waals surface area contributed by atoms with Crippen LogP contribution in [0.4, 0.5) is 5.69 Å². The van der Waals surface area contributed by atoms with Gasteiger partial charge in [0.1, 0.15) is 0 Å². The van der Waals surface area contributed by atoms with Gasteiger partial charge in [0.2, 0.25) is 5.91 Å². The summed E-state index contributed by atoms with van der Waals surface area (Å²) in [4.78, 5) is 14.3. The van der Waals surface area contributed by atoms with Gasteiger partial charge in [-0.3, -0.25) is 4.79 Å². The van der Waals surface area contributed by atoms with Gasteiger partial charge in [-0.05, 0) is 30.9 Å². The Morgan fingerprint density at radius 3 is 2.62 bits per heavy atom. The third-order valence-electron chi connectivity index (χ3n) is 3.98. The summed E-state index contributed by atoms with van der Waals surface area (Å²) >= 11 is 0. The molecule has 0 aliphatic carbocycles. The van der Waals surface area contributed by atoms with E-state index in [1.807, 2.05) is 23.1 Å². The zero-order chi connectivity index (χ0) is 14.9. The molecule has 0 aromatic heterocycles. The second-order valence-corrected chi connectivity index (χ2v) is 5.55. The van der Waals surface area contributed by atoms with Gasteiger partial charge in [0.05, 0.1) is 13.2 Å². The summed E-state index contributed by atoms with van der Waals surface area (Å²) in [7, 11) is 1.71. The molecule has 21 heavy (non-hydrogen) atoms. The Morgan fingerprint density at radius 2 is 1.90 bits per heavy atom. The van der Waals surface area contributed by atoms with Crippen LogP contribution in [0.1, 0.15) is 31.2 Å². The molecule has 0 unspecified atom stereocenters. The van der Waals surface area contributed by atoms with E-state index in [-0.39, 0.29) is 5.91 Å². The molecule has 0 spiro atoms. The number of nitrogens with one attached hydrogen (secondary N) is 1. The third kappa shape index (κ3) is 5.05. The maximum absolute atomic E-state index is 12.3. The molecule has 1 aliphatic heterocycles. The molecule has 1 heterocycles. The molecule has 0 saturated carbocycles. The lowest BCUT2D eigenvalue weighted by molar-refractivity contribution is -0.129. The van der Waals surface area contributed by atoms with E-state index in [1.54, 1.807) is 7.11 Å². The van der Waals surface area contributed by atoms with Crippen LogP contribution in [0.3, 0.4) is 0 Å². The molecule has 0 radical (unpaired) electrons. The number of carbonyl (C=O) groups is 1. The van der Waals surface area contributed by atoms with Gasteiger partial charge in [-0.25, -0.2) is 0 Å². The van der Waals surface area contributed by atoms with Crippen molar-refractivity contribution in [1.82, 2.24) is 4.90 Å². The Morgan fingerprint density at radius 1 is 1.19 bits per heavy atom. The van der Waals surface area contributed by atoms with Gasteiger partial charge in [0.15, 0.2) is 0 Å². The van der Waals surface area contributed by atoms with Crippen molar-refractivity contribution in [3.8, 4) is 0 Å². The second-order valence-electron chi connectivity index (χ2n) is 5.55. The number of amides is 1. The first kappa shape index (κ1) is 15.8. The molecule has 1 aromatic carbocycles. The van der Waals surface area contributed by atoms with E-state index in [9.17, 15) is 4.79 Å². The summed E-state index contributed by atoms with van der Waals surface area (Å²) in [5.41, 5.74) is 2.24. The Bertz CT molecular complexity index is 440. The number of anilines is 1. The van der Waals surface area contributed by atoms with Gasteiger partial charge in [0.25, 0.3) is 0 Å². The highest BCUT2D eigenvalue weighted by atomic mass is 16.5. The lowest BCUT2D eigenvalue weighted by Crippen LogP contribution is -2.36. The van der Waals surface area contributed by atoms with Crippen molar-refractivity contribution in [3.63, 3.8) is 0 Å². The normalized spacial score (nSPS) is 15.6. The molecule has 1 N–H and O–H groups in total. The first-order chi connectivity index (χ1) is 10.3. The van der Waals surface area contributed by atoms with Crippen LogP contribution in [0.5, 0.6) is 0 Å². The van der Waals surface area contributed by atoms with Crippen LogP contribution < -0.4 is 5.32 Å². The van der Waals surface area contributed by atoms with Crippen LogP contribution in [0.2, 0.25) is 0 Å². The van der Waals surface area contributed by atoms with Crippen LogP contribution in [-0.2, 0) is 16.0 Å². The Hall–Kier alpha value is -1.55. The van der Waals surface area contributed by atoms with Gasteiger partial charge in [-0.2, -0.15) is 0 Å². The number of benzene rings is 1. The molecule has 1 amide bonds. The SMILES string of the molecule is COCCc1ccccc1NCC(=O)N1CCCCCC1. The summed E-state index contributed by atoms with van der Waals surface area (Å²) in [6, 6.07) is 8.13. The van der Waals surface area contributed by atoms with E-state index in [0.717, 1.165) is 38.0 Å². The van der Waals surface area contributed by atoms with Gasteiger partial charge in [-0.15, -0.1) is 0 Å². The number of ether oxygens (including phenoxy) is 1. The standard InChI is InChI=1S/C17H26N2O2/c1-21-13-10-15-8-4-5-9-16(15)18-14-17(20)19-11-6-2-3-7-12-19/h4-5,8-9,18H,2-3,6-7,10-14H2,1H3. The van der Waals surface area contributed by atoms with Crippen LogP contribution >= 0.6 is 0 Å². The molecule has 116 valence electrons. The van der Waals surface area contributed by atoms with Crippen LogP contribution in [0.25, 0.3) is 0 Å². The maximum atomic E-state index is 12.3. The first-order valence-electron chi connectivity index (χ1n) is 7.90. The van der Waals surface area contributed by atoms with Crippen molar-refractivity contribution in [2.75, 3.05) is 38.7 Å². The fraction of sp³-hybridized carbons (Fsp3) is 0.588. The second kappa shape index (κ2) is 8.67. The summed E-state index contributed by atoms with van der Waals surface area (Å²) < 4.78 is 5.13. The molecule has 0 bridgehead atoms. The molecule has 1 aromatic rings. The summed E-state index contributed by atoms with van der Waals surface area (Å²) in [5.74, 6) is 0.207. The van der Waals surface area contributed by atoms with Crippen LogP contribution in [0, 0.1) is 0 Å². The molecule has 4 heteroatoms. The highest BCUT2D eigenvalue weighted by Gasteiger charge is 2.15. The lowest BCUT2D eigenvalue weighted by Gasteiger charge is -2.21. The largest absolute Gasteiger partial charge is 0.384 e. The molecule has 4 nitrogen and oxygen atoms in total. The van der Waals surface area contributed by atoms with E-state index in [2.05, 4.69) is 11.4 Å². The van der Waals surface area contributed by atoms with E-state index in [1.165, 1.54) is 18.4 Å². The number of para-hydroxylation sites is 1. The van der Waals surface area contributed by atoms with Gasteiger partial charge in [0, 0.05) is 25.9 Å². The third-order valence-corrected chi connectivity index (χ3v) is 3.98. The number of hydrogen-bond donors (Lipinski definition) is 1. The minimum Gasteiger partial charge on any atom is -0.384 e. The van der Waals surface area contributed by atoms with Crippen LogP contribution in [0.15, 0.2) is 24.3 Å².